The zero-order valence-corrected chi connectivity index (χ0v) is 17.0. The number of nitrogens with zero attached hydrogens (tertiary/aromatic N) is 4. The lowest BCUT2D eigenvalue weighted by Gasteiger charge is -2.23. The molecule has 7 nitrogen and oxygen atoms in total. The van der Waals surface area contributed by atoms with Crippen molar-refractivity contribution in [1.29, 1.82) is 0 Å². The van der Waals surface area contributed by atoms with Gasteiger partial charge in [-0.25, -0.2) is 0 Å². The van der Waals surface area contributed by atoms with E-state index in [1.807, 2.05) is 6.07 Å². The summed E-state index contributed by atoms with van der Waals surface area (Å²) in [6, 6.07) is 16.1. The first-order chi connectivity index (χ1) is 14.5. The number of halogens is 1. The summed E-state index contributed by atoms with van der Waals surface area (Å²) < 4.78 is 1.17. The zero-order chi connectivity index (χ0) is 21.1. The fourth-order valence-corrected chi connectivity index (χ4v) is 4.19. The van der Waals surface area contributed by atoms with Gasteiger partial charge in [0, 0.05) is 25.2 Å². The van der Waals surface area contributed by atoms with Crippen LogP contribution < -0.4 is 10.5 Å². The second kappa shape index (κ2) is 8.67. The van der Waals surface area contributed by atoms with Crippen LogP contribution in [0.25, 0.3) is 5.69 Å². The highest BCUT2D eigenvalue weighted by Crippen LogP contribution is 2.31. The molecule has 3 aromatic rings. The van der Waals surface area contributed by atoms with Gasteiger partial charge in [0.25, 0.3) is 11.2 Å². The van der Waals surface area contributed by atoms with Gasteiger partial charge in [-0.05, 0) is 42.9 Å². The number of hydrogen-bond donors (Lipinski definition) is 0. The molecule has 0 aliphatic carbocycles. The van der Waals surface area contributed by atoms with Crippen LogP contribution in [0.2, 0.25) is 5.02 Å². The van der Waals surface area contributed by atoms with Gasteiger partial charge in [-0.2, -0.15) is 9.78 Å². The number of benzene rings is 2. The van der Waals surface area contributed by atoms with Crippen molar-refractivity contribution < 1.29 is 4.92 Å². The van der Waals surface area contributed by atoms with Crippen molar-refractivity contribution in [3.05, 3.63) is 91.8 Å². The van der Waals surface area contributed by atoms with E-state index in [1.165, 1.54) is 34.5 Å². The van der Waals surface area contributed by atoms with Crippen molar-refractivity contribution in [2.75, 3.05) is 18.0 Å². The van der Waals surface area contributed by atoms with Gasteiger partial charge in [0.05, 0.1) is 22.5 Å². The lowest BCUT2D eigenvalue weighted by molar-refractivity contribution is -0.384. The van der Waals surface area contributed by atoms with E-state index in [9.17, 15) is 14.9 Å². The molecule has 1 aliphatic heterocycles. The summed E-state index contributed by atoms with van der Waals surface area (Å²) in [5, 5.41) is 15.2. The molecular formula is C22H21ClN4O3. The maximum atomic E-state index is 12.8. The minimum Gasteiger partial charge on any atom is -0.369 e. The number of rotatable bonds is 4. The maximum Gasteiger partial charge on any atom is 0.292 e. The third-order valence-electron chi connectivity index (χ3n) is 5.55. The predicted molar refractivity (Wildman–Crippen MR) is 117 cm³/mol. The average molecular weight is 425 g/mol. The fraction of sp³-hybridized carbons (Fsp3) is 0.273. The molecule has 0 spiro atoms. The summed E-state index contributed by atoms with van der Waals surface area (Å²) in [6.45, 7) is 1.60. The molecule has 1 unspecified atom stereocenters. The SMILES string of the molecule is O=c1c(Cl)c(N2CCCC(c3ccccc3)CC2)cnn1-c1ccc([N+](=O)[O-])cc1. The molecule has 8 heteroatoms. The molecule has 4 rings (SSSR count). The number of hydrogen-bond acceptors (Lipinski definition) is 5. The molecule has 2 aromatic carbocycles. The van der Waals surface area contributed by atoms with Gasteiger partial charge < -0.3 is 4.90 Å². The average Bonchev–Trinajstić information content (AvgIpc) is 3.02. The molecule has 1 atom stereocenters. The Balaban J connectivity index is 1.56. The van der Waals surface area contributed by atoms with Crippen molar-refractivity contribution in [2.45, 2.75) is 25.2 Å². The Bertz CT molecular complexity index is 1100. The van der Waals surface area contributed by atoms with Gasteiger partial charge >= 0.3 is 0 Å². The van der Waals surface area contributed by atoms with Gasteiger partial charge in [-0.1, -0.05) is 41.9 Å². The number of anilines is 1. The van der Waals surface area contributed by atoms with Crippen LogP contribution in [0.3, 0.4) is 0 Å². The maximum absolute atomic E-state index is 12.8. The highest BCUT2D eigenvalue weighted by Gasteiger charge is 2.22. The van der Waals surface area contributed by atoms with E-state index in [0.717, 1.165) is 32.4 Å². The zero-order valence-electron chi connectivity index (χ0n) is 16.3. The normalized spacial score (nSPS) is 16.8. The Morgan fingerprint density at radius 2 is 1.77 bits per heavy atom. The highest BCUT2D eigenvalue weighted by atomic mass is 35.5. The Morgan fingerprint density at radius 1 is 1.03 bits per heavy atom. The van der Waals surface area contributed by atoms with Crippen LogP contribution in [0.5, 0.6) is 0 Å². The third kappa shape index (κ3) is 4.07. The van der Waals surface area contributed by atoms with Crippen LogP contribution >= 0.6 is 11.6 Å². The number of non-ortho nitro benzene ring substituents is 1. The van der Waals surface area contributed by atoms with Crippen molar-refractivity contribution in [2.24, 2.45) is 0 Å². The van der Waals surface area contributed by atoms with Gasteiger partial charge in [0.15, 0.2) is 0 Å². The molecule has 0 N–H and O–H groups in total. The minimum absolute atomic E-state index is 0.0490. The van der Waals surface area contributed by atoms with Gasteiger partial charge in [-0.15, -0.1) is 0 Å². The highest BCUT2D eigenvalue weighted by molar-refractivity contribution is 6.33. The molecule has 0 saturated carbocycles. The van der Waals surface area contributed by atoms with E-state index < -0.39 is 10.5 Å². The van der Waals surface area contributed by atoms with Crippen molar-refractivity contribution >= 4 is 23.0 Å². The first kappa shape index (κ1) is 20.1. The Labute approximate surface area is 178 Å². The van der Waals surface area contributed by atoms with Crippen LogP contribution in [-0.4, -0.2) is 27.8 Å². The lowest BCUT2D eigenvalue weighted by atomic mass is 9.92. The fourth-order valence-electron chi connectivity index (χ4n) is 3.94. The largest absolute Gasteiger partial charge is 0.369 e. The predicted octanol–water partition coefficient (Wildman–Crippen LogP) is 4.57. The number of nitro groups is 1. The standard InChI is InChI=1S/C22H21ClN4O3/c23-21-20(25-13-4-7-17(12-14-25)16-5-2-1-3-6-16)15-24-26(22(21)28)18-8-10-19(11-9-18)27(29)30/h1-3,5-6,8-11,15,17H,4,7,12-14H2. The molecule has 1 fully saturated rings. The van der Waals surface area contributed by atoms with E-state index in [4.69, 9.17) is 11.6 Å². The second-order valence-electron chi connectivity index (χ2n) is 7.36. The van der Waals surface area contributed by atoms with Crippen LogP contribution in [0, 0.1) is 10.1 Å². The van der Waals surface area contributed by atoms with Crippen LogP contribution in [0.15, 0.2) is 65.6 Å². The second-order valence-corrected chi connectivity index (χ2v) is 7.74. The van der Waals surface area contributed by atoms with Gasteiger partial charge in [0.1, 0.15) is 5.02 Å². The van der Waals surface area contributed by atoms with Crippen molar-refractivity contribution in [3.63, 3.8) is 0 Å². The monoisotopic (exact) mass is 424 g/mol. The summed E-state index contributed by atoms with van der Waals surface area (Å²) in [7, 11) is 0. The Hall–Kier alpha value is -3.19. The van der Waals surface area contributed by atoms with E-state index >= 15 is 0 Å². The summed E-state index contributed by atoms with van der Waals surface area (Å²) in [5.41, 5.74) is 1.92. The topological polar surface area (TPSA) is 81.3 Å². The Kier molecular flexibility index (Phi) is 5.81. The first-order valence-electron chi connectivity index (χ1n) is 9.87. The number of nitro benzene ring substituents is 1. The molecule has 30 heavy (non-hydrogen) atoms. The van der Waals surface area contributed by atoms with E-state index in [0.29, 0.717) is 17.3 Å². The van der Waals surface area contributed by atoms with E-state index in [1.54, 1.807) is 6.20 Å². The lowest BCUT2D eigenvalue weighted by Crippen LogP contribution is -2.29. The molecule has 154 valence electrons. The van der Waals surface area contributed by atoms with Gasteiger partial charge in [-0.3, -0.25) is 14.9 Å². The molecule has 0 bridgehead atoms. The van der Waals surface area contributed by atoms with E-state index in [2.05, 4.69) is 34.3 Å². The molecule has 1 aliphatic rings. The molecule has 1 saturated heterocycles. The first-order valence-corrected chi connectivity index (χ1v) is 10.2. The van der Waals surface area contributed by atoms with Crippen molar-refractivity contribution in [1.82, 2.24) is 9.78 Å². The molecule has 0 amide bonds. The van der Waals surface area contributed by atoms with E-state index in [-0.39, 0.29) is 10.7 Å². The summed E-state index contributed by atoms with van der Waals surface area (Å²) >= 11 is 6.45. The summed E-state index contributed by atoms with van der Waals surface area (Å²) in [6.07, 6.45) is 4.67. The van der Waals surface area contributed by atoms with Crippen LogP contribution in [0.4, 0.5) is 11.4 Å². The molecule has 2 heterocycles. The van der Waals surface area contributed by atoms with Crippen molar-refractivity contribution in [3.8, 4) is 5.69 Å². The van der Waals surface area contributed by atoms with Crippen LogP contribution in [-0.2, 0) is 0 Å². The minimum atomic E-state index is -0.488. The summed E-state index contributed by atoms with van der Waals surface area (Å²) in [5.74, 6) is 0.489. The van der Waals surface area contributed by atoms with Gasteiger partial charge in [0.2, 0.25) is 0 Å². The third-order valence-corrected chi connectivity index (χ3v) is 5.90. The molecule has 1 aromatic heterocycles. The number of aromatic nitrogens is 2. The Morgan fingerprint density at radius 3 is 2.47 bits per heavy atom. The van der Waals surface area contributed by atoms with Crippen LogP contribution in [0.1, 0.15) is 30.7 Å². The smallest absolute Gasteiger partial charge is 0.292 e. The summed E-state index contributed by atoms with van der Waals surface area (Å²) in [4.78, 5) is 25.3. The quantitative estimate of drug-likeness (QED) is 0.452. The molecular weight excluding hydrogens is 404 g/mol. The molecule has 0 radical (unpaired) electrons.